The molecule has 1 N–H and O–H groups in total. The largest absolute Gasteiger partial charge is 0.311 e. The standard InChI is InChI=1S/C5H12N2O/c1-7(2)8-5-3-6-4-5/h5-6H,3-4H2,1-2H3. The van der Waals surface area contributed by atoms with E-state index in [9.17, 15) is 0 Å². The topological polar surface area (TPSA) is 24.5 Å². The molecule has 1 rings (SSSR count). The summed E-state index contributed by atoms with van der Waals surface area (Å²) in [4.78, 5) is 5.26. The zero-order valence-corrected chi connectivity index (χ0v) is 5.35. The fourth-order valence-electron chi connectivity index (χ4n) is 0.635. The molecule has 0 aromatic rings. The molecule has 1 saturated heterocycles. The Balaban J connectivity index is 2.01. The van der Waals surface area contributed by atoms with Crippen LogP contribution in [0.4, 0.5) is 0 Å². The maximum absolute atomic E-state index is 5.26. The van der Waals surface area contributed by atoms with Crippen molar-refractivity contribution in [1.82, 2.24) is 10.4 Å². The molecule has 3 heteroatoms. The monoisotopic (exact) mass is 116 g/mol. The Hall–Kier alpha value is -0.120. The Kier molecular flexibility index (Phi) is 1.83. The number of nitrogens with zero attached hydrogens (tertiary/aromatic N) is 1. The molecule has 1 aliphatic rings. The van der Waals surface area contributed by atoms with Crippen LogP contribution >= 0.6 is 0 Å². The van der Waals surface area contributed by atoms with Crippen LogP contribution in [0.1, 0.15) is 0 Å². The summed E-state index contributed by atoms with van der Waals surface area (Å²) in [7, 11) is 3.80. The molecule has 0 atom stereocenters. The molecule has 3 nitrogen and oxygen atoms in total. The van der Waals surface area contributed by atoms with Crippen LogP contribution in [-0.2, 0) is 4.84 Å². The first-order chi connectivity index (χ1) is 3.79. The summed E-state index contributed by atoms with van der Waals surface area (Å²) in [6.07, 6.45) is 0.421. The third-order valence-electron chi connectivity index (χ3n) is 1.10. The van der Waals surface area contributed by atoms with Crippen LogP contribution in [0.15, 0.2) is 0 Å². The van der Waals surface area contributed by atoms with Gasteiger partial charge in [-0.1, -0.05) is 0 Å². The number of hydrogen-bond acceptors (Lipinski definition) is 3. The maximum Gasteiger partial charge on any atom is 0.104 e. The SMILES string of the molecule is CN(C)OC1CNC1. The fourth-order valence-corrected chi connectivity index (χ4v) is 0.635. The van der Waals surface area contributed by atoms with Crippen molar-refractivity contribution >= 4 is 0 Å². The van der Waals surface area contributed by atoms with E-state index in [1.807, 2.05) is 14.1 Å². The smallest absolute Gasteiger partial charge is 0.104 e. The summed E-state index contributed by atoms with van der Waals surface area (Å²) < 4.78 is 0. The first-order valence-corrected chi connectivity index (χ1v) is 2.84. The summed E-state index contributed by atoms with van der Waals surface area (Å²) in [5.41, 5.74) is 0. The van der Waals surface area contributed by atoms with Gasteiger partial charge in [-0.15, -0.1) is 0 Å². The van der Waals surface area contributed by atoms with Crippen molar-refractivity contribution in [3.05, 3.63) is 0 Å². The molecule has 1 aliphatic heterocycles. The Morgan fingerprint density at radius 1 is 1.50 bits per heavy atom. The van der Waals surface area contributed by atoms with Gasteiger partial charge in [-0.25, -0.2) is 0 Å². The maximum atomic E-state index is 5.26. The molecule has 0 amide bonds. The van der Waals surface area contributed by atoms with E-state index in [-0.39, 0.29) is 0 Å². The minimum Gasteiger partial charge on any atom is -0.311 e. The van der Waals surface area contributed by atoms with Crippen LogP contribution in [0.25, 0.3) is 0 Å². The summed E-state index contributed by atoms with van der Waals surface area (Å²) in [5.74, 6) is 0. The summed E-state index contributed by atoms with van der Waals surface area (Å²) >= 11 is 0. The van der Waals surface area contributed by atoms with E-state index in [0.717, 1.165) is 13.1 Å². The second-order valence-electron chi connectivity index (χ2n) is 2.20. The molecule has 1 fully saturated rings. The highest BCUT2D eigenvalue weighted by Gasteiger charge is 2.17. The van der Waals surface area contributed by atoms with E-state index in [4.69, 9.17) is 4.84 Å². The van der Waals surface area contributed by atoms with Crippen molar-refractivity contribution in [3.63, 3.8) is 0 Å². The van der Waals surface area contributed by atoms with Crippen molar-refractivity contribution in [2.75, 3.05) is 27.2 Å². The van der Waals surface area contributed by atoms with Gasteiger partial charge in [-0.05, 0) is 0 Å². The quantitative estimate of drug-likeness (QED) is 0.490. The first kappa shape index (κ1) is 6.01. The van der Waals surface area contributed by atoms with Crippen molar-refractivity contribution in [1.29, 1.82) is 0 Å². The van der Waals surface area contributed by atoms with Crippen LogP contribution in [0.5, 0.6) is 0 Å². The molecule has 0 saturated carbocycles. The third-order valence-corrected chi connectivity index (χ3v) is 1.10. The fraction of sp³-hybridized carbons (Fsp3) is 1.00. The van der Waals surface area contributed by atoms with E-state index >= 15 is 0 Å². The van der Waals surface area contributed by atoms with E-state index < -0.39 is 0 Å². The second kappa shape index (κ2) is 2.44. The Bertz CT molecular complexity index is 70.8. The lowest BCUT2D eigenvalue weighted by atomic mass is 10.2. The van der Waals surface area contributed by atoms with Crippen molar-refractivity contribution < 1.29 is 4.84 Å². The highest BCUT2D eigenvalue weighted by molar-refractivity contribution is 4.73. The molecule has 48 valence electrons. The summed E-state index contributed by atoms with van der Waals surface area (Å²) in [6.45, 7) is 2.00. The first-order valence-electron chi connectivity index (χ1n) is 2.84. The normalized spacial score (nSPS) is 21.4. The summed E-state index contributed by atoms with van der Waals surface area (Å²) in [6, 6.07) is 0. The van der Waals surface area contributed by atoms with E-state index in [0.29, 0.717) is 6.10 Å². The van der Waals surface area contributed by atoms with Gasteiger partial charge >= 0.3 is 0 Å². The van der Waals surface area contributed by atoms with Gasteiger partial charge in [0.15, 0.2) is 0 Å². The van der Waals surface area contributed by atoms with Crippen LogP contribution in [0.3, 0.4) is 0 Å². The average molecular weight is 116 g/mol. The molecular weight excluding hydrogens is 104 g/mol. The summed E-state index contributed by atoms with van der Waals surface area (Å²) in [5, 5.41) is 4.86. The number of hydrogen-bond donors (Lipinski definition) is 1. The van der Waals surface area contributed by atoms with Gasteiger partial charge in [0, 0.05) is 27.2 Å². The molecule has 0 unspecified atom stereocenters. The van der Waals surface area contributed by atoms with Crippen molar-refractivity contribution in [3.8, 4) is 0 Å². The van der Waals surface area contributed by atoms with Gasteiger partial charge in [0.25, 0.3) is 0 Å². The van der Waals surface area contributed by atoms with E-state index in [1.54, 1.807) is 5.06 Å². The van der Waals surface area contributed by atoms with Gasteiger partial charge in [0.2, 0.25) is 0 Å². The van der Waals surface area contributed by atoms with E-state index in [2.05, 4.69) is 5.32 Å². The van der Waals surface area contributed by atoms with Gasteiger partial charge in [0.1, 0.15) is 6.10 Å². The minimum atomic E-state index is 0.421. The lowest BCUT2D eigenvalue weighted by Crippen LogP contribution is -2.50. The second-order valence-corrected chi connectivity index (χ2v) is 2.20. The van der Waals surface area contributed by atoms with E-state index in [1.165, 1.54) is 0 Å². The van der Waals surface area contributed by atoms with Crippen LogP contribution < -0.4 is 5.32 Å². The predicted molar refractivity (Wildman–Crippen MR) is 31.4 cm³/mol. The molecule has 0 spiro atoms. The molecule has 0 aromatic carbocycles. The molecule has 0 aliphatic carbocycles. The van der Waals surface area contributed by atoms with Gasteiger partial charge in [-0.3, -0.25) is 4.84 Å². The van der Waals surface area contributed by atoms with Gasteiger partial charge in [0.05, 0.1) is 0 Å². The Morgan fingerprint density at radius 3 is 2.25 bits per heavy atom. The zero-order chi connectivity index (χ0) is 5.98. The molecule has 0 aromatic heterocycles. The molecule has 0 bridgehead atoms. The van der Waals surface area contributed by atoms with Crippen LogP contribution in [0, 0.1) is 0 Å². The van der Waals surface area contributed by atoms with Crippen LogP contribution in [0.2, 0.25) is 0 Å². The average Bonchev–Trinajstić information content (AvgIpc) is 1.55. The number of nitrogens with one attached hydrogen (secondary N) is 1. The zero-order valence-electron chi connectivity index (χ0n) is 5.35. The minimum absolute atomic E-state index is 0.421. The lowest BCUT2D eigenvalue weighted by molar-refractivity contribution is -0.177. The van der Waals surface area contributed by atoms with Crippen molar-refractivity contribution in [2.24, 2.45) is 0 Å². The van der Waals surface area contributed by atoms with Gasteiger partial charge < -0.3 is 5.32 Å². The highest BCUT2D eigenvalue weighted by Crippen LogP contribution is 1.97. The molecule has 1 heterocycles. The lowest BCUT2D eigenvalue weighted by Gasteiger charge is -2.29. The molecule has 8 heavy (non-hydrogen) atoms. The predicted octanol–water partition coefficient (Wildman–Crippen LogP) is -0.549. The third kappa shape index (κ3) is 1.43. The highest BCUT2D eigenvalue weighted by atomic mass is 16.7. The number of hydroxylamine groups is 2. The molecule has 0 radical (unpaired) electrons. The Labute approximate surface area is 49.6 Å². The van der Waals surface area contributed by atoms with Gasteiger partial charge in [-0.2, -0.15) is 5.06 Å². The van der Waals surface area contributed by atoms with Crippen molar-refractivity contribution in [2.45, 2.75) is 6.10 Å². The Morgan fingerprint density at radius 2 is 2.12 bits per heavy atom. The van der Waals surface area contributed by atoms with Crippen LogP contribution in [-0.4, -0.2) is 38.4 Å². The molecular formula is C5H12N2O. The number of rotatable bonds is 2.